The maximum atomic E-state index is 12.1. The van der Waals surface area contributed by atoms with E-state index in [1.807, 2.05) is 37.2 Å². The van der Waals surface area contributed by atoms with E-state index in [2.05, 4.69) is 5.32 Å². The number of hydrogen-bond donors (Lipinski definition) is 1. The zero-order valence-electron chi connectivity index (χ0n) is 12.9. The first-order valence-corrected chi connectivity index (χ1v) is 8.45. The second-order valence-corrected chi connectivity index (χ2v) is 6.81. The SMILES string of the molecule is CC(=O)NCCN1C(=O)CSC1c1ccc(N(C)C)cc1Cl. The van der Waals surface area contributed by atoms with Crippen LogP contribution in [0.15, 0.2) is 18.2 Å². The molecule has 2 amide bonds. The van der Waals surface area contributed by atoms with Crippen molar-refractivity contribution in [3.05, 3.63) is 28.8 Å². The third-order valence-electron chi connectivity index (χ3n) is 3.46. The Labute approximate surface area is 140 Å². The van der Waals surface area contributed by atoms with Crippen LogP contribution < -0.4 is 10.2 Å². The van der Waals surface area contributed by atoms with Crippen LogP contribution in [0.5, 0.6) is 0 Å². The lowest BCUT2D eigenvalue weighted by molar-refractivity contribution is -0.128. The highest BCUT2D eigenvalue weighted by atomic mass is 35.5. The maximum absolute atomic E-state index is 12.1. The van der Waals surface area contributed by atoms with E-state index < -0.39 is 0 Å². The van der Waals surface area contributed by atoms with E-state index in [1.54, 1.807) is 16.7 Å². The Bertz CT molecular complexity index is 580. The molecule has 2 rings (SSSR count). The van der Waals surface area contributed by atoms with Gasteiger partial charge in [-0.25, -0.2) is 0 Å². The molecule has 1 atom stereocenters. The standard InChI is InChI=1S/C15H20ClN3O2S/c1-10(20)17-6-7-19-14(21)9-22-15(19)12-5-4-11(18(2)3)8-13(12)16/h4-5,8,15H,6-7,9H2,1-3H3,(H,17,20). The number of hydrogen-bond acceptors (Lipinski definition) is 4. The van der Waals surface area contributed by atoms with E-state index in [9.17, 15) is 9.59 Å². The highest BCUT2D eigenvalue weighted by Gasteiger charge is 2.33. The predicted octanol–water partition coefficient (Wildman–Crippen LogP) is 2.12. The number of nitrogens with one attached hydrogen (secondary N) is 1. The molecule has 1 aromatic rings. The molecule has 1 saturated heterocycles. The molecular weight excluding hydrogens is 322 g/mol. The quantitative estimate of drug-likeness (QED) is 0.891. The molecule has 22 heavy (non-hydrogen) atoms. The molecule has 0 spiro atoms. The van der Waals surface area contributed by atoms with Gasteiger partial charge in [-0.1, -0.05) is 17.7 Å². The van der Waals surface area contributed by atoms with E-state index >= 15 is 0 Å². The Morgan fingerprint density at radius 2 is 2.23 bits per heavy atom. The van der Waals surface area contributed by atoms with Crippen LogP contribution in [0.2, 0.25) is 5.02 Å². The second-order valence-electron chi connectivity index (χ2n) is 5.33. The molecule has 1 unspecified atom stereocenters. The average Bonchev–Trinajstić information content (AvgIpc) is 2.80. The minimum absolute atomic E-state index is 0.0769. The summed E-state index contributed by atoms with van der Waals surface area (Å²) in [4.78, 5) is 26.8. The predicted molar refractivity (Wildman–Crippen MR) is 91.4 cm³/mol. The molecule has 1 aromatic carbocycles. The largest absolute Gasteiger partial charge is 0.378 e. The number of benzene rings is 1. The summed E-state index contributed by atoms with van der Waals surface area (Å²) >= 11 is 7.97. The fourth-order valence-corrected chi connectivity index (χ4v) is 3.90. The highest BCUT2D eigenvalue weighted by Crippen LogP contribution is 2.42. The fraction of sp³-hybridized carbons (Fsp3) is 0.467. The van der Waals surface area contributed by atoms with Gasteiger partial charge in [-0.15, -0.1) is 11.8 Å². The third kappa shape index (κ3) is 3.87. The smallest absolute Gasteiger partial charge is 0.233 e. The van der Waals surface area contributed by atoms with Gasteiger partial charge in [0.15, 0.2) is 0 Å². The van der Waals surface area contributed by atoms with Crippen LogP contribution in [0.1, 0.15) is 17.9 Å². The number of carbonyl (C=O) groups excluding carboxylic acids is 2. The van der Waals surface area contributed by atoms with Crippen molar-refractivity contribution in [2.24, 2.45) is 0 Å². The number of anilines is 1. The van der Waals surface area contributed by atoms with Crippen molar-refractivity contribution in [1.82, 2.24) is 10.2 Å². The van der Waals surface area contributed by atoms with E-state index in [0.717, 1.165) is 11.3 Å². The topological polar surface area (TPSA) is 52.7 Å². The summed E-state index contributed by atoms with van der Waals surface area (Å²) in [5, 5.41) is 3.28. The molecule has 1 N–H and O–H groups in total. The first-order valence-electron chi connectivity index (χ1n) is 7.02. The fourth-order valence-electron chi connectivity index (χ4n) is 2.30. The number of halogens is 1. The van der Waals surface area contributed by atoms with E-state index in [4.69, 9.17) is 11.6 Å². The molecule has 1 fully saturated rings. The summed E-state index contributed by atoms with van der Waals surface area (Å²) in [7, 11) is 3.91. The zero-order valence-corrected chi connectivity index (χ0v) is 14.5. The van der Waals surface area contributed by atoms with Crippen LogP contribution in [0.3, 0.4) is 0 Å². The number of carbonyl (C=O) groups is 2. The van der Waals surface area contributed by atoms with Crippen LogP contribution >= 0.6 is 23.4 Å². The van der Waals surface area contributed by atoms with Crippen molar-refractivity contribution in [1.29, 1.82) is 0 Å². The van der Waals surface area contributed by atoms with Crippen molar-refractivity contribution >= 4 is 40.9 Å². The minimum Gasteiger partial charge on any atom is -0.378 e. The molecule has 7 heteroatoms. The van der Waals surface area contributed by atoms with Crippen LogP contribution in [0, 0.1) is 0 Å². The van der Waals surface area contributed by atoms with Crippen molar-refractivity contribution in [2.45, 2.75) is 12.3 Å². The lowest BCUT2D eigenvalue weighted by atomic mass is 10.1. The first kappa shape index (κ1) is 17.0. The molecule has 0 aromatic heterocycles. The number of rotatable bonds is 5. The van der Waals surface area contributed by atoms with E-state index in [0.29, 0.717) is 23.9 Å². The summed E-state index contributed by atoms with van der Waals surface area (Å²) in [6, 6.07) is 5.88. The van der Waals surface area contributed by atoms with Gasteiger partial charge in [0.1, 0.15) is 5.37 Å². The molecule has 0 saturated carbocycles. The number of amides is 2. The van der Waals surface area contributed by atoms with Crippen LogP contribution in [-0.2, 0) is 9.59 Å². The molecule has 1 aliphatic heterocycles. The number of thioether (sulfide) groups is 1. The summed E-state index contributed by atoms with van der Waals surface area (Å²) < 4.78 is 0. The van der Waals surface area contributed by atoms with Gasteiger partial charge in [-0.2, -0.15) is 0 Å². The number of nitrogens with zero attached hydrogens (tertiary/aromatic N) is 2. The summed E-state index contributed by atoms with van der Waals surface area (Å²) in [6.07, 6.45) is 0. The summed E-state index contributed by atoms with van der Waals surface area (Å²) in [5.74, 6) is 0.425. The van der Waals surface area contributed by atoms with Gasteiger partial charge >= 0.3 is 0 Å². The minimum atomic E-state index is -0.0933. The molecular formula is C15H20ClN3O2S. The Balaban J connectivity index is 2.15. The second kappa shape index (κ2) is 7.24. The van der Waals surface area contributed by atoms with E-state index in [1.165, 1.54) is 6.92 Å². The van der Waals surface area contributed by atoms with Crippen molar-refractivity contribution in [3.63, 3.8) is 0 Å². The van der Waals surface area contributed by atoms with Crippen molar-refractivity contribution in [2.75, 3.05) is 37.8 Å². The lowest BCUT2D eigenvalue weighted by Gasteiger charge is -2.25. The normalized spacial score (nSPS) is 17.7. The third-order valence-corrected chi connectivity index (χ3v) is 5.03. The summed E-state index contributed by atoms with van der Waals surface area (Å²) in [5.41, 5.74) is 1.96. The van der Waals surface area contributed by atoms with Gasteiger partial charge in [0.25, 0.3) is 0 Å². The lowest BCUT2D eigenvalue weighted by Crippen LogP contribution is -2.36. The molecule has 0 radical (unpaired) electrons. The Morgan fingerprint density at radius 3 is 2.82 bits per heavy atom. The molecule has 120 valence electrons. The maximum Gasteiger partial charge on any atom is 0.233 e. The molecule has 1 aliphatic rings. The van der Waals surface area contributed by atoms with Gasteiger partial charge in [0, 0.05) is 50.4 Å². The first-order chi connectivity index (χ1) is 10.4. The van der Waals surface area contributed by atoms with Crippen molar-refractivity contribution < 1.29 is 9.59 Å². The average molecular weight is 342 g/mol. The van der Waals surface area contributed by atoms with E-state index in [-0.39, 0.29) is 17.2 Å². The molecule has 0 bridgehead atoms. The highest BCUT2D eigenvalue weighted by molar-refractivity contribution is 8.00. The van der Waals surface area contributed by atoms with Gasteiger partial charge in [0.05, 0.1) is 5.75 Å². The summed E-state index contributed by atoms with van der Waals surface area (Å²) in [6.45, 7) is 2.41. The monoisotopic (exact) mass is 341 g/mol. The zero-order chi connectivity index (χ0) is 16.3. The Hall–Kier alpha value is -1.40. The Kier molecular flexibility index (Phi) is 5.58. The Morgan fingerprint density at radius 1 is 1.50 bits per heavy atom. The van der Waals surface area contributed by atoms with Crippen molar-refractivity contribution in [3.8, 4) is 0 Å². The molecule has 1 heterocycles. The van der Waals surface area contributed by atoms with Crippen LogP contribution in [0.25, 0.3) is 0 Å². The molecule has 0 aliphatic carbocycles. The van der Waals surface area contributed by atoms with Crippen LogP contribution in [-0.4, -0.2) is 49.7 Å². The van der Waals surface area contributed by atoms with Gasteiger partial charge < -0.3 is 15.1 Å². The molecule has 5 nitrogen and oxygen atoms in total. The van der Waals surface area contributed by atoms with Gasteiger partial charge in [0.2, 0.25) is 11.8 Å². The van der Waals surface area contributed by atoms with Gasteiger partial charge in [-0.05, 0) is 12.1 Å². The van der Waals surface area contributed by atoms with Gasteiger partial charge in [-0.3, -0.25) is 9.59 Å². The van der Waals surface area contributed by atoms with Crippen LogP contribution in [0.4, 0.5) is 5.69 Å².